The van der Waals surface area contributed by atoms with Gasteiger partial charge in [0.25, 0.3) is 6.71 Å². The van der Waals surface area contributed by atoms with Crippen molar-refractivity contribution in [3.63, 3.8) is 0 Å². The van der Waals surface area contributed by atoms with Crippen LogP contribution in [0.2, 0.25) is 0 Å². The van der Waals surface area contributed by atoms with Gasteiger partial charge in [-0.05, 0) is 229 Å². The molecular formula is C114H90BN9. The number of para-hydroxylation sites is 5. The molecule has 0 radical (unpaired) electrons. The number of rotatable bonds is 8. The number of hydrogen-bond acceptors (Lipinski definition) is 4. The predicted molar refractivity (Wildman–Crippen MR) is 522 cm³/mol. The van der Waals surface area contributed by atoms with Crippen molar-refractivity contribution in [3.05, 3.63) is 361 Å². The summed E-state index contributed by atoms with van der Waals surface area (Å²) in [5.41, 5.74) is 18.9. The Balaban J connectivity index is 0.923. The maximum absolute atomic E-state index is 12.4. The first-order valence-electron chi connectivity index (χ1n) is 48.4. The Kier molecular flexibility index (Phi) is 13.5. The summed E-state index contributed by atoms with van der Waals surface area (Å²) in [6.45, 7) is 26.0. The predicted octanol–water partition coefficient (Wildman–Crippen LogP) is 27.9. The molecule has 10 heteroatoms. The number of fused-ring (bicyclic) bond motifs is 19. The van der Waals surface area contributed by atoms with Gasteiger partial charge >= 0.3 is 0 Å². The fourth-order valence-electron chi connectivity index (χ4n) is 19.9. The Morgan fingerprint density at radius 1 is 0.258 bits per heavy atom. The lowest BCUT2D eigenvalue weighted by Gasteiger charge is -2.45. The normalized spacial score (nSPS) is 14.5. The Labute approximate surface area is 738 Å². The van der Waals surface area contributed by atoms with E-state index in [-0.39, 0.29) is 54.7 Å². The van der Waals surface area contributed by atoms with Crippen molar-refractivity contribution in [1.29, 1.82) is 10.5 Å². The monoisotopic (exact) mass is 1610 g/mol. The Hall–Kier alpha value is -14.8. The second-order valence-corrected chi connectivity index (χ2v) is 37.5. The molecule has 2 aliphatic heterocycles. The molecular weight excluding hydrogens is 1510 g/mol. The minimum absolute atomic E-state index is 0.149. The van der Waals surface area contributed by atoms with Crippen molar-refractivity contribution >= 4 is 166 Å². The van der Waals surface area contributed by atoms with Gasteiger partial charge in [-0.1, -0.05) is 253 Å². The number of anilines is 6. The molecule has 2 aliphatic rings. The highest BCUT2D eigenvalue weighted by atomic mass is 15.2. The van der Waals surface area contributed by atoms with Gasteiger partial charge in [-0.15, -0.1) is 0 Å². The number of benzene rings is 16. The molecule has 0 amide bonds. The smallest absolute Gasteiger partial charge is 0.252 e. The van der Waals surface area contributed by atoms with Crippen molar-refractivity contribution in [3.8, 4) is 51.7 Å². The van der Waals surface area contributed by atoms with E-state index in [1.54, 1.807) is 0 Å². The van der Waals surface area contributed by atoms with Crippen molar-refractivity contribution in [2.45, 2.75) is 105 Å². The van der Waals surface area contributed by atoms with Gasteiger partial charge in [0.15, 0.2) is 0 Å². The minimum Gasteiger partial charge on any atom is -0.311 e. The zero-order valence-electron chi connectivity index (χ0n) is 82.9. The van der Waals surface area contributed by atoms with Gasteiger partial charge in [-0.25, -0.2) is 0 Å². The fourth-order valence-corrected chi connectivity index (χ4v) is 19.9. The molecule has 0 saturated heterocycles. The number of aromatic nitrogens is 5. The van der Waals surface area contributed by atoms with Crippen LogP contribution in [0.15, 0.2) is 327 Å². The Bertz CT molecular complexity index is 8800. The van der Waals surface area contributed by atoms with Crippen molar-refractivity contribution in [1.82, 2.24) is 22.8 Å². The topological polar surface area (TPSA) is 78.7 Å². The molecule has 7 heterocycles. The molecule has 0 bridgehead atoms. The second-order valence-electron chi connectivity index (χ2n) is 37.5. The summed E-state index contributed by atoms with van der Waals surface area (Å²) in [6, 6.07) is 86.1. The van der Waals surface area contributed by atoms with Crippen LogP contribution in [0.5, 0.6) is 0 Å². The van der Waals surface area contributed by atoms with Gasteiger partial charge in [0.2, 0.25) is 0 Å². The first-order chi connectivity index (χ1) is 64.9. The molecule has 5 aromatic heterocycles. The van der Waals surface area contributed by atoms with Crippen molar-refractivity contribution in [2.75, 3.05) is 9.80 Å². The largest absolute Gasteiger partial charge is 0.311 e. The van der Waals surface area contributed by atoms with E-state index in [0.717, 1.165) is 132 Å². The van der Waals surface area contributed by atoms with Crippen LogP contribution in [0.3, 0.4) is 0 Å². The summed E-state index contributed by atoms with van der Waals surface area (Å²) in [4.78, 5) is 4.35. The van der Waals surface area contributed by atoms with Gasteiger partial charge in [-0.3, -0.25) is 0 Å². The van der Waals surface area contributed by atoms with Crippen LogP contribution in [0, 0.1) is 22.7 Å². The van der Waals surface area contributed by atoms with Crippen LogP contribution in [0.1, 0.15) is 133 Å². The SMILES string of the molecule is [2H]c1c([2H])c([2H])c(-c2c([2H])c([2H])c3c4c([2H])c([2H])c([2H])c([2H])c4n(-c4cc5c6c(c4)N(c4cc(-n7c8ccccc8c8ccccc87)ccc4C#N)c4cc(-n7c8ccc(C(C)(C)C)cc8c8cc(C(C)(C)C)ccc87)ccc4B6c4ccc(-n6c7ccc(C(C)(C)C)cc7c7cc(C(C)(C)C)ccc76)cc4N5c4ccc(C#N)c(-n5c6ccccc6c6ccccc65)c4)c3c2[2H])c([2H])c1[2H]. The minimum atomic E-state index is -0.756. The Morgan fingerprint density at radius 2 is 0.613 bits per heavy atom. The van der Waals surface area contributed by atoms with Crippen LogP contribution >= 0.6 is 0 Å². The maximum atomic E-state index is 12.4. The van der Waals surface area contributed by atoms with Crippen LogP contribution in [0.25, 0.3) is 149 Å². The Morgan fingerprint density at radius 3 is 1.07 bits per heavy atom. The third kappa shape index (κ3) is 11.1. The molecule has 21 aromatic rings. The van der Waals surface area contributed by atoms with E-state index in [1.165, 1.54) is 4.57 Å². The molecule has 23 rings (SSSR count). The lowest BCUT2D eigenvalue weighted by atomic mass is 9.33. The summed E-state index contributed by atoms with van der Waals surface area (Å²) < 4.78 is 128. The van der Waals surface area contributed by atoms with Gasteiger partial charge < -0.3 is 32.6 Å². The molecule has 0 aliphatic carbocycles. The van der Waals surface area contributed by atoms with Crippen LogP contribution in [0.4, 0.5) is 34.1 Å². The highest BCUT2D eigenvalue weighted by molar-refractivity contribution is 7.00. The van der Waals surface area contributed by atoms with Gasteiger partial charge in [0.1, 0.15) is 12.1 Å². The van der Waals surface area contributed by atoms with Crippen LogP contribution < -0.4 is 26.2 Å². The molecule has 0 fully saturated rings. The fraction of sp³-hybridized carbons (Fsp3) is 0.140. The maximum Gasteiger partial charge on any atom is 0.252 e. The van der Waals surface area contributed by atoms with E-state index >= 15 is 0 Å². The number of nitrogens with zero attached hydrogens (tertiary/aromatic N) is 9. The average Bonchev–Trinajstić information content (AvgIpc) is 1.31. The molecule has 9 nitrogen and oxygen atoms in total. The van der Waals surface area contributed by atoms with Gasteiger partial charge in [-0.2, -0.15) is 10.5 Å². The van der Waals surface area contributed by atoms with E-state index in [2.05, 4.69) is 287 Å². The first kappa shape index (κ1) is 62.3. The van der Waals surface area contributed by atoms with E-state index in [4.69, 9.17) is 4.11 Å². The van der Waals surface area contributed by atoms with E-state index in [0.29, 0.717) is 56.5 Å². The van der Waals surface area contributed by atoms with E-state index in [9.17, 15) is 22.9 Å². The molecule has 0 spiro atoms. The van der Waals surface area contributed by atoms with Crippen molar-refractivity contribution in [2.24, 2.45) is 0 Å². The highest BCUT2D eigenvalue weighted by Gasteiger charge is 2.46. The molecule has 0 N–H and O–H groups in total. The van der Waals surface area contributed by atoms with Gasteiger partial charge in [0, 0.05) is 99.4 Å². The standard InChI is InChI=1S/C114H90BN9/c1-111(2,3)73-41-52-99-88(57-73)89-58-74(112(4,5)6)42-53-100(89)119(99)79-47-50-92-106(63-79)121(78-46-39-71(67-116)103(62-78)123-97-36-24-19-30-84(97)85-31-20-25-37-98(85)123)108-65-81(122-96-35-23-18-32-86(96)87-49-40-70(56-105(87)122)69-26-14-13-15-27-69)66-109-110(108)115(92)93-51-48-80(120-101-54-43-75(113(7,8)9)59-90(101)91-60-76(114(10,11)12)44-55-102(91)120)64-107(93)124(109)104-61-77(45-38-72(104)68-117)118-94-33-21-16-28-82(94)83-29-17-22-34-95(83)118/h13-66H,1-12H3/i13D,14D,15D,18D,23D,26D,27D,32D,35D,40D,49D,56D. The lowest BCUT2D eigenvalue weighted by molar-refractivity contribution is 0.590. The number of hydrogen-bond donors (Lipinski definition) is 0. The molecule has 124 heavy (non-hydrogen) atoms. The third-order valence-electron chi connectivity index (χ3n) is 26.1. The lowest BCUT2D eigenvalue weighted by Crippen LogP contribution is -2.61. The highest BCUT2D eigenvalue weighted by Crippen LogP contribution is 2.52. The summed E-state index contributed by atoms with van der Waals surface area (Å²) in [5.74, 6) is 0. The van der Waals surface area contributed by atoms with E-state index in [1.807, 2.05) is 91.0 Å². The molecule has 0 atom stereocenters. The molecule has 16 aromatic carbocycles. The summed E-state index contributed by atoms with van der Waals surface area (Å²) in [6.07, 6.45) is 0. The summed E-state index contributed by atoms with van der Waals surface area (Å²) in [5, 5.41) is 32.0. The third-order valence-corrected chi connectivity index (χ3v) is 26.1. The molecule has 594 valence electrons. The molecule has 0 unspecified atom stereocenters. The number of nitriles is 2. The van der Waals surface area contributed by atoms with Crippen molar-refractivity contribution < 1.29 is 16.4 Å². The first-order valence-corrected chi connectivity index (χ1v) is 42.4. The zero-order valence-corrected chi connectivity index (χ0v) is 70.9. The van der Waals surface area contributed by atoms with Gasteiger partial charge in [0.05, 0.1) is 99.8 Å². The van der Waals surface area contributed by atoms with E-state index < -0.39 is 90.3 Å². The summed E-state index contributed by atoms with van der Waals surface area (Å²) >= 11 is 0. The zero-order chi connectivity index (χ0) is 94.9. The average molecular weight is 1610 g/mol. The molecule has 0 saturated carbocycles. The van der Waals surface area contributed by atoms with Crippen LogP contribution in [-0.4, -0.2) is 29.5 Å². The van der Waals surface area contributed by atoms with Crippen LogP contribution in [-0.2, 0) is 21.7 Å². The summed E-state index contributed by atoms with van der Waals surface area (Å²) in [7, 11) is 0. The second kappa shape index (κ2) is 26.8. The quantitative estimate of drug-likeness (QED) is 0.142.